The Morgan fingerprint density at radius 1 is 1.07 bits per heavy atom. The highest BCUT2D eigenvalue weighted by atomic mass is 16.3. The normalized spacial score (nSPS) is 20.1. The van der Waals surface area contributed by atoms with Crippen molar-refractivity contribution in [3.8, 4) is 5.75 Å². The molecule has 29 heavy (non-hydrogen) atoms. The van der Waals surface area contributed by atoms with Gasteiger partial charge >= 0.3 is 0 Å². The highest BCUT2D eigenvalue weighted by molar-refractivity contribution is 6.09. The molecule has 3 aliphatic rings. The van der Waals surface area contributed by atoms with Crippen molar-refractivity contribution in [1.29, 1.82) is 0 Å². The predicted octanol–water partition coefficient (Wildman–Crippen LogP) is 6.26. The number of benzene rings is 2. The van der Waals surface area contributed by atoms with Crippen molar-refractivity contribution in [1.82, 2.24) is 0 Å². The molecule has 0 fully saturated rings. The molecule has 2 aromatic rings. The third-order valence-electron chi connectivity index (χ3n) is 6.72. The summed E-state index contributed by atoms with van der Waals surface area (Å²) in [7, 11) is 0. The van der Waals surface area contributed by atoms with E-state index in [1.54, 1.807) is 17.7 Å². The summed E-state index contributed by atoms with van der Waals surface area (Å²) in [4.78, 5) is 13.0. The van der Waals surface area contributed by atoms with E-state index in [1.165, 1.54) is 22.3 Å². The van der Waals surface area contributed by atoms with E-state index in [1.807, 2.05) is 19.1 Å². The lowest BCUT2D eigenvalue weighted by atomic mass is 9.71. The van der Waals surface area contributed by atoms with Gasteiger partial charge in [0.25, 0.3) is 0 Å². The van der Waals surface area contributed by atoms with Gasteiger partial charge < -0.3 is 5.11 Å². The Balaban J connectivity index is 1.78. The van der Waals surface area contributed by atoms with Crippen LogP contribution in [-0.4, -0.2) is 10.9 Å². The van der Waals surface area contributed by atoms with Crippen LogP contribution in [0.4, 0.5) is 0 Å². The van der Waals surface area contributed by atoms with Crippen molar-refractivity contribution < 1.29 is 9.90 Å². The Kier molecular flexibility index (Phi) is 4.31. The Morgan fingerprint density at radius 2 is 1.90 bits per heavy atom. The molecule has 1 atom stereocenters. The lowest BCUT2D eigenvalue weighted by molar-refractivity contribution is -0.116. The van der Waals surface area contributed by atoms with Gasteiger partial charge in [0, 0.05) is 11.5 Å². The number of ketones is 1. The largest absolute Gasteiger partial charge is 0.507 e. The zero-order valence-electron chi connectivity index (χ0n) is 17.1. The van der Waals surface area contributed by atoms with Crippen LogP contribution in [0, 0.1) is 6.92 Å². The summed E-state index contributed by atoms with van der Waals surface area (Å²) >= 11 is 0. The summed E-state index contributed by atoms with van der Waals surface area (Å²) in [5.74, 6) is 0.294. The first-order chi connectivity index (χ1) is 14.1. The molecule has 0 heterocycles. The Labute approximate surface area is 172 Å². The molecule has 0 saturated carbocycles. The molecule has 0 aliphatic heterocycles. The maximum atomic E-state index is 13.0. The van der Waals surface area contributed by atoms with Crippen LogP contribution in [-0.2, 0) is 11.2 Å². The van der Waals surface area contributed by atoms with E-state index < -0.39 is 0 Å². The van der Waals surface area contributed by atoms with E-state index in [-0.39, 0.29) is 17.5 Å². The second-order valence-corrected chi connectivity index (χ2v) is 8.46. The van der Waals surface area contributed by atoms with Gasteiger partial charge in [-0.3, -0.25) is 4.79 Å². The van der Waals surface area contributed by atoms with Crippen molar-refractivity contribution in [3.05, 3.63) is 87.5 Å². The van der Waals surface area contributed by atoms with Crippen molar-refractivity contribution in [2.75, 3.05) is 0 Å². The number of hydrogen-bond donors (Lipinski definition) is 1. The first-order valence-electron chi connectivity index (χ1n) is 10.7. The minimum Gasteiger partial charge on any atom is -0.507 e. The Hall–Kier alpha value is -2.87. The summed E-state index contributed by atoms with van der Waals surface area (Å²) in [5.41, 5.74) is 10.5. The maximum Gasteiger partial charge on any atom is 0.163 e. The van der Waals surface area contributed by atoms with Crippen molar-refractivity contribution in [2.24, 2.45) is 0 Å². The molecule has 146 valence electrons. The van der Waals surface area contributed by atoms with E-state index in [9.17, 15) is 9.90 Å². The summed E-state index contributed by atoms with van der Waals surface area (Å²) in [6, 6.07) is 10.1. The molecule has 0 bridgehead atoms. The lowest BCUT2D eigenvalue weighted by Crippen LogP contribution is -2.20. The molecular weight excluding hydrogens is 356 g/mol. The summed E-state index contributed by atoms with van der Waals surface area (Å²) in [5, 5.41) is 10.7. The maximum absolute atomic E-state index is 13.0. The van der Waals surface area contributed by atoms with Crippen LogP contribution in [0.25, 0.3) is 11.1 Å². The van der Waals surface area contributed by atoms with Gasteiger partial charge in [-0.25, -0.2) is 0 Å². The Bertz CT molecular complexity index is 1130. The second kappa shape index (κ2) is 6.88. The fraction of sp³-hybridized carbons (Fsp3) is 0.296. The van der Waals surface area contributed by atoms with Crippen LogP contribution in [0.3, 0.4) is 0 Å². The smallest absolute Gasteiger partial charge is 0.163 e. The van der Waals surface area contributed by atoms with Crippen LogP contribution in [0.1, 0.15) is 71.9 Å². The van der Waals surface area contributed by atoms with Crippen molar-refractivity contribution >= 4 is 16.9 Å². The molecular formula is C27H26O2. The van der Waals surface area contributed by atoms with E-state index in [2.05, 4.69) is 31.2 Å². The first kappa shape index (κ1) is 18.2. The minimum atomic E-state index is -0.0936. The second-order valence-electron chi connectivity index (χ2n) is 8.46. The molecule has 0 amide bonds. The zero-order valence-corrected chi connectivity index (χ0v) is 17.1. The number of rotatable bonds is 2. The van der Waals surface area contributed by atoms with Crippen molar-refractivity contribution in [2.45, 2.75) is 51.9 Å². The average molecular weight is 383 g/mol. The number of hydrogen-bond acceptors (Lipinski definition) is 2. The number of allylic oxidation sites excluding steroid dienone is 5. The highest BCUT2D eigenvalue weighted by Gasteiger charge is 2.33. The number of fused-ring (bicyclic) bond motifs is 4. The number of carbonyl (C=O) groups excluding carboxylic acids is 1. The minimum absolute atomic E-state index is 0.0936. The van der Waals surface area contributed by atoms with Crippen LogP contribution in [0.5, 0.6) is 5.75 Å². The fourth-order valence-corrected chi connectivity index (χ4v) is 5.28. The van der Waals surface area contributed by atoms with E-state index in [4.69, 9.17) is 0 Å². The number of phenols is 1. The number of aromatic hydroxyl groups is 1. The molecule has 3 aliphatic carbocycles. The summed E-state index contributed by atoms with van der Waals surface area (Å²) in [6.45, 7) is 4.05. The van der Waals surface area contributed by atoms with Crippen LogP contribution >= 0.6 is 0 Å². The SMILES string of the molecule is CCC1C(=O)C=C(c2ccc(C)cc2O)c2c1ccc1c2CCC2=C1C=CCC2. The molecule has 0 saturated heterocycles. The van der Waals surface area contributed by atoms with Crippen molar-refractivity contribution in [3.63, 3.8) is 0 Å². The zero-order chi connectivity index (χ0) is 20.1. The van der Waals surface area contributed by atoms with Gasteiger partial charge in [-0.2, -0.15) is 0 Å². The van der Waals surface area contributed by atoms with Gasteiger partial charge in [0.1, 0.15) is 5.75 Å². The van der Waals surface area contributed by atoms with Crippen LogP contribution in [0.15, 0.2) is 54.1 Å². The topological polar surface area (TPSA) is 37.3 Å². The molecule has 2 aromatic carbocycles. The van der Waals surface area contributed by atoms with E-state index in [0.717, 1.165) is 54.4 Å². The molecule has 0 spiro atoms. The first-order valence-corrected chi connectivity index (χ1v) is 10.7. The quantitative estimate of drug-likeness (QED) is 0.666. The van der Waals surface area contributed by atoms with Gasteiger partial charge in [0.15, 0.2) is 5.78 Å². The summed E-state index contributed by atoms with van der Waals surface area (Å²) in [6.07, 6.45) is 11.5. The molecule has 2 nitrogen and oxygen atoms in total. The predicted molar refractivity (Wildman–Crippen MR) is 118 cm³/mol. The monoisotopic (exact) mass is 382 g/mol. The third kappa shape index (κ3) is 2.81. The van der Waals surface area contributed by atoms with E-state index >= 15 is 0 Å². The number of carbonyl (C=O) groups is 1. The number of aryl methyl sites for hydroxylation is 1. The van der Waals surface area contributed by atoms with Gasteiger partial charge in [0.2, 0.25) is 0 Å². The Morgan fingerprint density at radius 3 is 2.69 bits per heavy atom. The summed E-state index contributed by atoms with van der Waals surface area (Å²) < 4.78 is 0. The molecule has 0 aromatic heterocycles. The average Bonchev–Trinajstić information content (AvgIpc) is 2.72. The van der Waals surface area contributed by atoms with Crippen LogP contribution < -0.4 is 0 Å². The molecule has 0 radical (unpaired) electrons. The lowest BCUT2D eigenvalue weighted by Gasteiger charge is -2.32. The molecule has 5 rings (SSSR count). The fourth-order valence-electron chi connectivity index (χ4n) is 5.28. The molecule has 1 N–H and O–H groups in total. The van der Waals surface area contributed by atoms with Gasteiger partial charge in [-0.1, -0.05) is 48.9 Å². The van der Waals surface area contributed by atoms with Gasteiger partial charge in [0.05, 0.1) is 0 Å². The van der Waals surface area contributed by atoms with E-state index in [0.29, 0.717) is 0 Å². The standard InChI is InChI=1S/C27H26O2/c1-3-18-22-13-12-20-19-7-5-4-6-17(19)9-11-23(20)27(22)24(15-26(18)29)21-10-8-16(2)14-25(21)28/h5,7-8,10,12-15,18,28H,3-4,6,9,11H2,1-2H3. The third-order valence-corrected chi connectivity index (χ3v) is 6.72. The molecule has 1 unspecified atom stereocenters. The highest BCUT2D eigenvalue weighted by Crippen LogP contribution is 2.47. The van der Waals surface area contributed by atoms with Crippen LogP contribution in [0.2, 0.25) is 0 Å². The van der Waals surface area contributed by atoms with Gasteiger partial charge in [-0.15, -0.1) is 0 Å². The molecule has 2 heteroatoms. The number of phenolic OH excluding ortho intramolecular Hbond substituents is 1. The van der Waals surface area contributed by atoms with Gasteiger partial charge in [-0.05, 0) is 90.1 Å².